The zero-order chi connectivity index (χ0) is 14.8. The molecule has 1 aromatic rings. The molecule has 2 saturated carbocycles. The van der Waals surface area contributed by atoms with Gasteiger partial charge in [-0.1, -0.05) is 20.8 Å². The third-order valence-corrected chi connectivity index (χ3v) is 6.97. The van der Waals surface area contributed by atoms with Gasteiger partial charge in [0.05, 0.1) is 6.04 Å². The number of hydrogen-bond acceptors (Lipinski definition) is 3. The van der Waals surface area contributed by atoms with E-state index in [4.69, 9.17) is 4.74 Å². The Balaban J connectivity index is 1.57. The maximum Gasteiger partial charge on any atom is 0.127 e. The molecular formula is C18H25NO2. The first kappa shape index (κ1) is 13.4. The molecule has 114 valence electrons. The molecule has 2 fully saturated rings. The largest absolute Gasteiger partial charge is 0.508 e. The lowest BCUT2D eigenvalue weighted by atomic mass is 9.69. The van der Waals surface area contributed by atoms with Crippen LogP contribution in [0.15, 0.2) is 18.2 Å². The predicted molar refractivity (Wildman–Crippen MR) is 82.5 cm³/mol. The molecule has 3 heteroatoms. The zero-order valence-electron chi connectivity index (χ0n) is 13.1. The van der Waals surface area contributed by atoms with Gasteiger partial charge in [0.25, 0.3) is 0 Å². The van der Waals surface area contributed by atoms with Crippen LogP contribution in [0.2, 0.25) is 0 Å². The van der Waals surface area contributed by atoms with E-state index < -0.39 is 0 Å². The van der Waals surface area contributed by atoms with Crippen LogP contribution in [-0.2, 0) is 0 Å². The van der Waals surface area contributed by atoms with Gasteiger partial charge in [0.2, 0.25) is 0 Å². The lowest BCUT2D eigenvalue weighted by molar-refractivity contribution is 0.112. The van der Waals surface area contributed by atoms with Gasteiger partial charge < -0.3 is 15.2 Å². The fourth-order valence-electron chi connectivity index (χ4n) is 5.04. The SMILES string of the molecule is CC1(C)C2CCC1(C)C(NC1COc3cc(O)ccc31)C2. The van der Waals surface area contributed by atoms with Gasteiger partial charge in [-0.15, -0.1) is 0 Å². The minimum atomic E-state index is 0.262. The summed E-state index contributed by atoms with van der Waals surface area (Å²) in [4.78, 5) is 0. The number of ether oxygens (including phenoxy) is 1. The third kappa shape index (κ3) is 1.70. The van der Waals surface area contributed by atoms with Crippen molar-refractivity contribution in [3.8, 4) is 11.5 Å². The molecule has 1 aromatic carbocycles. The standard InChI is InChI=1S/C18H25NO2/c1-17(2)11-6-7-18(17,3)16(8-11)19-14-10-21-15-9-12(20)4-5-13(14)15/h4-5,9,11,14,16,19-20H,6-8,10H2,1-3H3. The maximum atomic E-state index is 9.56. The molecule has 0 radical (unpaired) electrons. The van der Waals surface area contributed by atoms with Crippen LogP contribution in [0.3, 0.4) is 0 Å². The summed E-state index contributed by atoms with van der Waals surface area (Å²) in [5.41, 5.74) is 2.01. The van der Waals surface area contributed by atoms with E-state index in [0.29, 0.717) is 23.5 Å². The zero-order valence-corrected chi connectivity index (χ0v) is 13.1. The van der Waals surface area contributed by atoms with Gasteiger partial charge in [-0.2, -0.15) is 0 Å². The molecule has 21 heavy (non-hydrogen) atoms. The molecule has 1 aliphatic heterocycles. The van der Waals surface area contributed by atoms with E-state index in [1.807, 2.05) is 6.07 Å². The van der Waals surface area contributed by atoms with Crippen molar-refractivity contribution >= 4 is 0 Å². The first-order chi connectivity index (χ1) is 9.92. The summed E-state index contributed by atoms with van der Waals surface area (Å²) in [6.07, 6.45) is 4.00. The number of rotatable bonds is 2. The molecule has 0 spiro atoms. The Morgan fingerprint density at radius 3 is 2.76 bits per heavy atom. The Labute approximate surface area is 126 Å². The molecule has 4 atom stereocenters. The molecule has 2 N–H and O–H groups in total. The van der Waals surface area contributed by atoms with Crippen molar-refractivity contribution in [3.63, 3.8) is 0 Å². The van der Waals surface area contributed by atoms with E-state index in [1.165, 1.54) is 24.8 Å². The maximum absolute atomic E-state index is 9.56. The molecular weight excluding hydrogens is 262 g/mol. The minimum Gasteiger partial charge on any atom is -0.508 e. The second kappa shape index (κ2) is 4.16. The van der Waals surface area contributed by atoms with Crippen molar-refractivity contribution < 1.29 is 9.84 Å². The summed E-state index contributed by atoms with van der Waals surface area (Å²) in [5, 5.41) is 13.4. The van der Waals surface area contributed by atoms with E-state index >= 15 is 0 Å². The highest BCUT2D eigenvalue weighted by molar-refractivity contribution is 5.44. The van der Waals surface area contributed by atoms with Crippen LogP contribution in [0, 0.1) is 16.7 Å². The molecule has 0 amide bonds. The van der Waals surface area contributed by atoms with Crippen LogP contribution in [-0.4, -0.2) is 17.8 Å². The normalized spacial score (nSPS) is 39.3. The summed E-state index contributed by atoms with van der Waals surface area (Å²) in [6, 6.07) is 6.31. The Morgan fingerprint density at radius 1 is 1.29 bits per heavy atom. The van der Waals surface area contributed by atoms with E-state index in [9.17, 15) is 5.11 Å². The second-order valence-electron chi connectivity index (χ2n) is 7.92. The van der Waals surface area contributed by atoms with Gasteiger partial charge >= 0.3 is 0 Å². The van der Waals surface area contributed by atoms with Gasteiger partial charge in [-0.05, 0) is 48.1 Å². The Hall–Kier alpha value is -1.22. The van der Waals surface area contributed by atoms with Crippen molar-refractivity contribution in [3.05, 3.63) is 23.8 Å². The van der Waals surface area contributed by atoms with E-state index in [0.717, 1.165) is 11.7 Å². The average molecular weight is 287 g/mol. The van der Waals surface area contributed by atoms with Crippen LogP contribution in [0.4, 0.5) is 0 Å². The van der Waals surface area contributed by atoms with Crippen molar-refractivity contribution in [1.29, 1.82) is 0 Å². The predicted octanol–water partition coefficient (Wildman–Crippen LogP) is 3.63. The van der Waals surface area contributed by atoms with E-state index in [-0.39, 0.29) is 11.8 Å². The van der Waals surface area contributed by atoms with Crippen LogP contribution in [0.25, 0.3) is 0 Å². The average Bonchev–Trinajstić information content (AvgIpc) is 2.98. The van der Waals surface area contributed by atoms with Crippen LogP contribution in [0.1, 0.15) is 51.6 Å². The second-order valence-corrected chi connectivity index (χ2v) is 7.92. The Bertz CT molecular complexity index is 583. The Kier molecular flexibility index (Phi) is 2.66. The first-order valence-electron chi connectivity index (χ1n) is 8.13. The van der Waals surface area contributed by atoms with Gasteiger partial charge in [-0.25, -0.2) is 0 Å². The fourth-order valence-corrected chi connectivity index (χ4v) is 5.04. The molecule has 4 rings (SSSR count). The number of hydrogen-bond donors (Lipinski definition) is 2. The molecule has 3 aliphatic rings. The van der Waals surface area contributed by atoms with E-state index in [2.05, 4.69) is 26.1 Å². The van der Waals surface area contributed by atoms with Crippen molar-refractivity contribution in [2.75, 3.05) is 6.61 Å². The van der Waals surface area contributed by atoms with Gasteiger partial charge in [0, 0.05) is 17.7 Å². The fraction of sp³-hybridized carbons (Fsp3) is 0.667. The number of phenolic OH excluding ortho intramolecular Hbond substituents is 1. The molecule has 0 aromatic heterocycles. The lowest BCUT2D eigenvalue weighted by Gasteiger charge is -2.40. The summed E-state index contributed by atoms with van der Waals surface area (Å²) in [5.74, 6) is 1.96. The lowest BCUT2D eigenvalue weighted by Crippen LogP contribution is -2.46. The number of benzene rings is 1. The summed E-state index contributed by atoms with van der Waals surface area (Å²) in [6.45, 7) is 8.04. The first-order valence-corrected chi connectivity index (χ1v) is 8.13. The van der Waals surface area contributed by atoms with Crippen molar-refractivity contribution in [2.45, 2.75) is 52.1 Å². The Morgan fingerprint density at radius 2 is 2.10 bits per heavy atom. The van der Waals surface area contributed by atoms with E-state index in [1.54, 1.807) is 12.1 Å². The van der Waals surface area contributed by atoms with Crippen molar-refractivity contribution in [1.82, 2.24) is 5.32 Å². The highest BCUT2D eigenvalue weighted by Crippen LogP contribution is 2.65. The number of nitrogens with one attached hydrogen (secondary N) is 1. The molecule has 1 heterocycles. The highest BCUT2D eigenvalue weighted by Gasteiger charge is 2.61. The smallest absolute Gasteiger partial charge is 0.127 e. The monoisotopic (exact) mass is 287 g/mol. The molecule has 4 unspecified atom stereocenters. The summed E-state index contributed by atoms with van der Waals surface area (Å²) >= 11 is 0. The molecule has 2 aliphatic carbocycles. The summed E-state index contributed by atoms with van der Waals surface area (Å²) in [7, 11) is 0. The summed E-state index contributed by atoms with van der Waals surface area (Å²) < 4.78 is 5.74. The quantitative estimate of drug-likeness (QED) is 0.872. The van der Waals surface area contributed by atoms with Crippen LogP contribution < -0.4 is 10.1 Å². The molecule has 2 bridgehead atoms. The number of aromatic hydroxyl groups is 1. The minimum absolute atomic E-state index is 0.262. The molecule has 3 nitrogen and oxygen atoms in total. The van der Waals surface area contributed by atoms with Gasteiger partial charge in [-0.3, -0.25) is 0 Å². The van der Waals surface area contributed by atoms with Crippen LogP contribution >= 0.6 is 0 Å². The molecule has 0 saturated heterocycles. The number of fused-ring (bicyclic) bond motifs is 3. The third-order valence-electron chi connectivity index (χ3n) is 6.97. The highest BCUT2D eigenvalue weighted by atomic mass is 16.5. The van der Waals surface area contributed by atoms with Crippen molar-refractivity contribution in [2.24, 2.45) is 16.7 Å². The van der Waals surface area contributed by atoms with Gasteiger partial charge in [0.15, 0.2) is 0 Å². The topological polar surface area (TPSA) is 41.5 Å². The van der Waals surface area contributed by atoms with Gasteiger partial charge in [0.1, 0.15) is 18.1 Å². The number of phenols is 1. The van der Waals surface area contributed by atoms with Crippen LogP contribution in [0.5, 0.6) is 11.5 Å².